The van der Waals surface area contributed by atoms with Crippen LogP contribution in [0.4, 0.5) is 6.01 Å². The van der Waals surface area contributed by atoms with Crippen molar-refractivity contribution >= 4 is 6.01 Å². The Morgan fingerprint density at radius 1 is 1.31 bits per heavy atom. The summed E-state index contributed by atoms with van der Waals surface area (Å²) in [7, 11) is 0. The van der Waals surface area contributed by atoms with E-state index in [0.29, 0.717) is 5.76 Å². The van der Waals surface area contributed by atoms with Crippen LogP contribution in [0.2, 0.25) is 0 Å². The molecule has 0 amide bonds. The van der Waals surface area contributed by atoms with Gasteiger partial charge in [-0.1, -0.05) is 0 Å². The molecule has 0 unspecified atom stereocenters. The normalized spacial score (nSPS) is 10.2. The Morgan fingerprint density at radius 3 is 2.54 bits per heavy atom. The number of aromatic nitrogens is 2. The van der Waals surface area contributed by atoms with Crippen LogP contribution in [-0.4, -0.2) is 9.97 Å². The zero-order valence-electron chi connectivity index (χ0n) is 7.19. The van der Waals surface area contributed by atoms with Crippen LogP contribution < -0.4 is 5.73 Å². The fourth-order valence-corrected chi connectivity index (χ4v) is 1.19. The molecule has 2 heterocycles. The molecule has 2 aromatic heterocycles. The Balaban J connectivity index is 2.53. The zero-order chi connectivity index (χ0) is 9.26. The highest BCUT2D eigenvalue weighted by Crippen LogP contribution is 2.24. The number of nitrogen functional groups attached to an aromatic ring is 1. The number of nitrogens with two attached hydrogens (primary N) is 1. The van der Waals surface area contributed by atoms with Crippen molar-refractivity contribution in [3.8, 4) is 11.3 Å². The summed E-state index contributed by atoms with van der Waals surface area (Å²) in [4.78, 5) is 7.89. The van der Waals surface area contributed by atoms with Crippen molar-refractivity contribution in [3.63, 3.8) is 0 Å². The molecule has 0 aliphatic heterocycles. The van der Waals surface area contributed by atoms with Crippen LogP contribution in [0.1, 0.15) is 5.69 Å². The molecule has 0 aromatic carbocycles. The average molecular weight is 175 g/mol. The lowest BCUT2D eigenvalue weighted by Crippen LogP contribution is -1.81. The van der Waals surface area contributed by atoms with Gasteiger partial charge >= 0.3 is 0 Å². The largest absolute Gasteiger partial charge is 0.423 e. The summed E-state index contributed by atoms with van der Waals surface area (Å²) in [5, 5.41) is 0. The Bertz CT molecular complexity index is 408. The van der Waals surface area contributed by atoms with Gasteiger partial charge in [-0.15, -0.1) is 0 Å². The van der Waals surface area contributed by atoms with Crippen LogP contribution in [-0.2, 0) is 0 Å². The summed E-state index contributed by atoms with van der Waals surface area (Å²) in [5.41, 5.74) is 7.16. The van der Waals surface area contributed by atoms with Gasteiger partial charge in [0.2, 0.25) is 0 Å². The molecule has 2 N–H and O–H groups in total. The highest BCUT2D eigenvalue weighted by atomic mass is 16.4. The van der Waals surface area contributed by atoms with Gasteiger partial charge in [-0.05, 0) is 19.1 Å². The zero-order valence-corrected chi connectivity index (χ0v) is 7.19. The lowest BCUT2D eigenvalue weighted by molar-refractivity contribution is 0.594. The number of oxazole rings is 1. The molecule has 2 aromatic rings. The molecule has 4 heteroatoms. The molecule has 0 aliphatic rings. The molecular weight excluding hydrogens is 166 g/mol. The number of rotatable bonds is 1. The van der Waals surface area contributed by atoms with Crippen LogP contribution in [0.5, 0.6) is 0 Å². The molecule has 2 rings (SSSR count). The number of nitrogens with zero attached hydrogens (tertiary/aromatic N) is 2. The first kappa shape index (κ1) is 7.79. The second kappa shape index (κ2) is 2.90. The van der Waals surface area contributed by atoms with Crippen molar-refractivity contribution in [1.29, 1.82) is 0 Å². The summed E-state index contributed by atoms with van der Waals surface area (Å²) < 4.78 is 5.24. The molecular formula is C9H9N3O. The predicted octanol–water partition coefficient (Wildman–Crippen LogP) is 1.63. The molecule has 0 radical (unpaired) electrons. The van der Waals surface area contributed by atoms with E-state index in [-0.39, 0.29) is 6.01 Å². The lowest BCUT2D eigenvalue weighted by atomic mass is 10.2. The van der Waals surface area contributed by atoms with Crippen LogP contribution in [0.25, 0.3) is 11.3 Å². The topological polar surface area (TPSA) is 64.9 Å². The van der Waals surface area contributed by atoms with E-state index in [2.05, 4.69) is 9.97 Å². The monoisotopic (exact) mass is 175 g/mol. The van der Waals surface area contributed by atoms with Gasteiger partial charge in [0, 0.05) is 18.0 Å². The molecule has 0 saturated heterocycles. The number of aryl methyl sites for hydroxylation is 1. The first-order chi connectivity index (χ1) is 6.27. The van der Waals surface area contributed by atoms with Crippen molar-refractivity contribution in [1.82, 2.24) is 9.97 Å². The van der Waals surface area contributed by atoms with Crippen molar-refractivity contribution < 1.29 is 4.42 Å². The third-order valence-corrected chi connectivity index (χ3v) is 1.76. The molecule has 0 aliphatic carbocycles. The smallest absolute Gasteiger partial charge is 0.292 e. The number of hydrogen-bond donors (Lipinski definition) is 1. The highest BCUT2D eigenvalue weighted by Gasteiger charge is 2.08. The minimum absolute atomic E-state index is 0.198. The fraction of sp³-hybridized carbons (Fsp3) is 0.111. The van der Waals surface area contributed by atoms with E-state index >= 15 is 0 Å². The van der Waals surface area contributed by atoms with E-state index < -0.39 is 0 Å². The average Bonchev–Trinajstić information content (AvgIpc) is 2.47. The van der Waals surface area contributed by atoms with E-state index in [1.165, 1.54) is 0 Å². The molecule has 0 bridgehead atoms. The maximum Gasteiger partial charge on any atom is 0.292 e. The quantitative estimate of drug-likeness (QED) is 0.715. The minimum atomic E-state index is 0.198. The summed E-state index contributed by atoms with van der Waals surface area (Å²) >= 11 is 0. The predicted molar refractivity (Wildman–Crippen MR) is 48.9 cm³/mol. The number of pyridine rings is 1. The van der Waals surface area contributed by atoms with Gasteiger partial charge in [-0.2, -0.15) is 4.98 Å². The van der Waals surface area contributed by atoms with Crippen LogP contribution in [0.15, 0.2) is 28.9 Å². The summed E-state index contributed by atoms with van der Waals surface area (Å²) in [6.45, 7) is 1.86. The van der Waals surface area contributed by atoms with Crippen LogP contribution >= 0.6 is 0 Å². The third kappa shape index (κ3) is 1.38. The summed E-state index contributed by atoms with van der Waals surface area (Å²) in [6.07, 6.45) is 3.40. The molecule has 0 saturated carbocycles. The van der Waals surface area contributed by atoms with E-state index in [1.807, 2.05) is 19.1 Å². The van der Waals surface area contributed by atoms with Gasteiger partial charge in [0.1, 0.15) is 0 Å². The van der Waals surface area contributed by atoms with Gasteiger partial charge < -0.3 is 10.2 Å². The van der Waals surface area contributed by atoms with Gasteiger partial charge in [0.05, 0.1) is 5.69 Å². The Morgan fingerprint density at radius 2 is 2.00 bits per heavy atom. The Kier molecular flexibility index (Phi) is 1.73. The first-order valence-corrected chi connectivity index (χ1v) is 3.90. The van der Waals surface area contributed by atoms with E-state index in [1.54, 1.807) is 12.4 Å². The molecule has 0 spiro atoms. The second-order valence-corrected chi connectivity index (χ2v) is 2.70. The van der Waals surface area contributed by atoms with Crippen molar-refractivity contribution in [2.75, 3.05) is 5.73 Å². The van der Waals surface area contributed by atoms with Crippen molar-refractivity contribution in [2.24, 2.45) is 0 Å². The third-order valence-electron chi connectivity index (χ3n) is 1.76. The van der Waals surface area contributed by atoms with Crippen molar-refractivity contribution in [3.05, 3.63) is 30.2 Å². The molecule has 0 fully saturated rings. The van der Waals surface area contributed by atoms with Gasteiger partial charge in [-0.3, -0.25) is 4.98 Å². The molecule has 13 heavy (non-hydrogen) atoms. The Hall–Kier alpha value is -1.84. The van der Waals surface area contributed by atoms with Gasteiger partial charge in [0.25, 0.3) is 6.01 Å². The Labute approximate surface area is 75.4 Å². The first-order valence-electron chi connectivity index (χ1n) is 3.90. The fourth-order valence-electron chi connectivity index (χ4n) is 1.19. The minimum Gasteiger partial charge on any atom is -0.423 e. The number of hydrogen-bond acceptors (Lipinski definition) is 4. The van der Waals surface area contributed by atoms with Crippen LogP contribution in [0.3, 0.4) is 0 Å². The molecule has 4 nitrogen and oxygen atoms in total. The maximum absolute atomic E-state index is 5.42. The van der Waals surface area contributed by atoms with Crippen LogP contribution in [0, 0.1) is 6.92 Å². The summed E-state index contributed by atoms with van der Waals surface area (Å²) in [6, 6.07) is 3.91. The van der Waals surface area contributed by atoms with Gasteiger partial charge in [0.15, 0.2) is 5.76 Å². The maximum atomic E-state index is 5.42. The lowest BCUT2D eigenvalue weighted by Gasteiger charge is -1.94. The highest BCUT2D eigenvalue weighted by molar-refractivity contribution is 5.59. The molecule has 0 atom stereocenters. The standard InChI is InChI=1S/C9H9N3O/c1-6-8(13-9(10)12-6)7-2-4-11-5-3-7/h2-5H,1H3,(H2,10,12). The van der Waals surface area contributed by atoms with Crippen molar-refractivity contribution in [2.45, 2.75) is 6.92 Å². The second-order valence-electron chi connectivity index (χ2n) is 2.70. The van der Waals surface area contributed by atoms with E-state index in [0.717, 1.165) is 11.3 Å². The van der Waals surface area contributed by atoms with Gasteiger partial charge in [-0.25, -0.2) is 0 Å². The molecule has 66 valence electrons. The summed E-state index contributed by atoms with van der Waals surface area (Å²) in [5.74, 6) is 0.708. The SMILES string of the molecule is Cc1nc(N)oc1-c1ccncc1. The number of anilines is 1. The van der Waals surface area contributed by atoms with E-state index in [9.17, 15) is 0 Å². The van der Waals surface area contributed by atoms with E-state index in [4.69, 9.17) is 10.2 Å².